The molecule has 0 amide bonds. The van der Waals surface area contributed by atoms with Crippen molar-refractivity contribution < 1.29 is 9.26 Å². The molecule has 0 spiro atoms. The molecule has 0 aromatic carbocycles. The molecule has 0 N–H and O–H groups in total. The molecule has 4 heterocycles. The van der Waals surface area contributed by atoms with Crippen LogP contribution in [0.25, 0.3) is 0 Å². The summed E-state index contributed by atoms with van der Waals surface area (Å²) in [4.78, 5) is 7.04. The first kappa shape index (κ1) is 14.8. The van der Waals surface area contributed by atoms with Crippen LogP contribution in [0.1, 0.15) is 48.5 Å². The van der Waals surface area contributed by atoms with Crippen LogP contribution >= 0.6 is 0 Å². The van der Waals surface area contributed by atoms with E-state index in [1.165, 1.54) is 19.3 Å². The van der Waals surface area contributed by atoms with Gasteiger partial charge in [-0.3, -0.25) is 9.58 Å². The Hall–Kier alpha value is -1.73. The Morgan fingerprint density at radius 2 is 2.22 bits per heavy atom. The Balaban J connectivity index is 1.44. The Morgan fingerprint density at radius 3 is 3.04 bits per heavy atom. The van der Waals surface area contributed by atoms with Crippen molar-refractivity contribution in [3.63, 3.8) is 0 Å². The SMILES string of the molecule is Cc1cc(C)n(Cc2nc([C@H]3CN4CCCC[C@@H]4CO3)no2)n1. The largest absolute Gasteiger partial charge is 0.367 e. The summed E-state index contributed by atoms with van der Waals surface area (Å²) in [5, 5.41) is 8.56. The van der Waals surface area contributed by atoms with Gasteiger partial charge in [-0.15, -0.1) is 0 Å². The van der Waals surface area contributed by atoms with Gasteiger partial charge in [0.1, 0.15) is 12.6 Å². The number of hydrogen-bond donors (Lipinski definition) is 0. The van der Waals surface area contributed by atoms with E-state index in [1.807, 2.05) is 24.6 Å². The summed E-state index contributed by atoms with van der Waals surface area (Å²) in [7, 11) is 0. The second kappa shape index (κ2) is 6.05. The first-order valence-electron chi connectivity index (χ1n) is 8.38. The third kappa shape index (κ3) is 3.03. The van der Waals surface area contributed by atoms with Crippen LogP contribution in [-0.2, 0) is 11.3 Å². The Morgan fingerprint density at radius 1 is 1.30 bits per heavy atom. The standard InChI is InChI=1S/C16H23N5O2/c1-11-7-12(2)21(18-11)9-15-17-16(19-23-15)14-8-20-6-4-3-5-13(20)10-22-14/h7,13-14H,3-6,8-10H2,1-2H3/t13-,14-/m1/s1. The highest BCUT2D eigenvalue weighted by Crippen LogP contribution is 2.28. The van der Waals surface area contributed by atoms with E-state index in [-0.39, 0.29) is 6.10 Å². The number of piperidine rings is 1. The molecule has 0 radical (unpaired) electrons. The van der Waals surface area contributed by atoms with Gasteiger partial charge in [0.25, 0.3) is 0 Å². The molecule has 2 aliphatic rings. The van der Waals surface area contributed by atoms with E-state index in [2.05, 4.69) is 20.1 Å². The lowest BCUT2D eigenvalue weighted by Crippen LogP contribution is -2.49. The molecule has 4 rings (SSSR count). The van der Waals surface area contributed by atoms with Gasteiger partial charge in [-0.2, -0.15) is 10.1 Å². The molecule has 23 heavy (non-hydrogen) atoms. The van der Waals surface area contributed by atoms with Crippen LogP contribution in [0.2, 0.25) is 0 Å². The number of rotatable bonds is 3. The number of hydrogen-bond acceptors (Lipinski definition) is 6. The van der Waals surface area contributed by atoms with Crippen molar-refractivity contribution >= 4 is 0 Å². The number of ether oxygens (including phenoxy) is 1. The summed E-state index contributed by atoms with van der Waals surface area (Å²) < 4.78 is 13.3. The molecule has 2 atom stereocenters. The molecule has 2 aromatic rings. The minimum absolute atomic E-state index is 0.0812. The number of aryl methyl sites for hydroxylation is 2. The number of morpholine rings is 1. The van der Waals surface area contributed by atoms with Crippen LogP contribution in [0.3, 0.4) is 0 Å². The maximum absolute atomic E-state index is 5.98. The van der Waals surface area contributed by atoms with Crippen molar-refractivity contribution in [2.45, 2.75) is 51.8 Å². The molecule has 2 saturated heterocycles. The summed E-state index contributed by atoms with van der Waals surface area (Å²) in [5.41, 5.74) is 2.08. The summed E-state index contributed by atoms with van der Waals surface area (Å²) in [6.45, 7) is 7.30. The predicted molar refractivity (Wildman–Crippen MR) is 83.0 cm³/mol. The fourth-order valence-corrected chi connectivity index (χ4v) is 3.56. The van der Waals surface area contributed by atoms with Crippen LogP contribution in [0.5, 0.6) is 0 Å². The maximum Gasteiger partial charge on any atom is 0.248 e. The lowest BCUT2D eigenvalue weighted by molar-refractivity contribution is -0.0805. The van der Waals surface area contributed by atoms with E-state index < -0.39 is 0 Å². The fraction of sp³-hybridized carbons (Fsp3) is 0.688. The molecular weight excluding hydrogens is 294 g/mol. The monoisotopic (exact) mass is 317 g/mol. The summed E-state index contributed by atoms with van der Waals surface area (Å²) in [6.07, 6.45) is 3.74. The number of aromatic nitrogens is 4. The lowest BCUT2D eigenvalue weighted by Gasteiger charge is -2.41. The minimum Gasteiger partial charge on any atom is -0.367 e. The Kier molecular flexibility index (Phi) is 3.90. The molecule has 0 aliphatic carbocycles. The van der Waals surface area contributed by atoms with E-state index in [0.29, 0.717) is 24.3 Å². The van der Waals surface area contributed by atoms with Gasteiger partial charge in [0.15, 0.2) is 0 Å². The molecule has 2 aliphatic heterocycles. The van der Waals surface area contributed by atoms with Gasteiger partial charge in [-0.25, -0.2) is 0 Å². The fourth-order valence-electron chi connectivity index (χ4n) is 3.56. The first-order chi connectivity index (χ1) is 11.2. The third-order valence-electron chi connectivity index (χ3n) is 4.80. The molecule has 0 bridgehead atoms. The zero-order valence-electron chi connectivity index (χ0n) is 13.7. The number of nitrogens with zero attached hydrogens (tertiary/aromatic N) is 5. The van der Waals surface area contributed by atoms with Gasteiger partial charge in [0, 0.05) is 18.3 Å². The van der Waals surface area contributed by atoms with Crippen molar-refractivity contribution in [2.24, 2.45) is 0 Å². The smallest absolute Gasteiger partial charge is 0.248 e. The Bertz CT molecular complexity index is 680. The van der Waals surface area contributed by atoms with E-state index in [9.17, 15) is 0 Å². The van der Waals surface area contributed by atoms with E-state index in [4.69, 9.17) is 9.26 Å². The zero-order chi connectivity index (χ0) is 15.8. The minimum atomic E-state index is -0.0812. The van der Waals surface area contributed by atoms with Crippen molar-refractivity contribution in [1.29, 1.82) is 0 Å². The van der Waals surface area contributed by atoms with E-state index in [1.54, 1.807) is 0 Å². The van der Waals surface area contributed by atoms with Crippen molar-refractivity contribution in [3.8, 4) is 0 Å². The van der Waals surface area contributed by atoms with Gasteiger partial charge in [-0.05, 0) is 39.3 Å². The highest BCUT2D eigenvalue weighted by Gasteiger charge is 2.33. The summed E-state index contributed by atoms with van der Waals surface area (Å²) >= 11 is 0. The Labute approximate surface area is 135 Å². The van der Waals surface area contributed by atoms with Crippen LogP contribution in [0.4, 0.5) is 0 Å². The molecule has 2 fully saturated rings. The molecule has 124 valence electrons. The lowest BCUT2D eigenvalue weighted by atomic mass is 10.0. The number of fused-ring (bicyclic) bond motifs is 1. The predicted octanol–water partition coefficient (Wildman–Crippen LogP) is 1.86. The van der Waals surface area contributed by atoms with Crippen LogP contribution in [0.15, 0.2) is 10.6 Å². The molecule has 7 nitrogen and oxygen atoms in total. The van der Waals surface area contributed by atoms with Crippen LogP contribution in [-0.4, -0.2) is 50.6 Å². The average Bonchev–Trinajstić information content (AvgIpc) is 3.14. The molecule has 7 heteroatoms. The van der Waals surface area contributed by atoms with Gasteiger partial charge in [0.2, 0.25) is 11.7 Å². The van der Waals surface area contributed by atoms with Gasteiger partial charge < -0.3 is 9.26 Å². The van der Waals surface area contributed by atoms with Crippen molar-refractivity contribution in [3.05, 3.63) is 29.2 Å². The molecular formula is C16H23N5O2. The molecule has 0 saturated carbocycles. The highest BCUT2D eigenvalue weighted by atomic mass is 16.5. The van der Waals surface area contributed by atoms with Crippen molar-refractivity contribution in [1.82, 2.24) is 24.8 Å². The second-order valence-electron chi connectivity index (χ2n) is 6.60. The second-order valence-corrected chi connectivity index (χ2v) is 6.60. The quantitative estimate of drug-likeness (QED) is 0.860. The first-order valence-corrected chi connectivity index (χ1v) is 8.38. The molecule has 2 aromatic heterocycles. The van der Waals surface area contributed by atoms with E-state index >= 15 is 0 Å². The normalized spacial score (nSPS) is 25.5. The van der Waals surface area contributed by atoms with Gasteiger partial charge in [-0.1, -0.05) is 11.6 Å². The van der Waals surface area contributed by atoms with Gasteiger partial charge in [0.05, 0.1) is 12.3 Å². The summed E-state index contributed by atoms with van der Waals surface area (Å²) in [5.74, 6) is 1.24. The van der Waals surface area contributed by atoms with E-state index in [0.717, 1.165) is 31.1 Å². The zero-order valence-corrected chi connectivity index (χ0v) is 13.7. The molecule has 0 unspecified atom stereocenters. The van der Waals surface area contributed by atoms with Crippen LogP contribution < -0.4 is 0 Å². The van der Waals surface area contributed by atoms with Crippen LogP contribution in [0, 0.1) is 13.8 Å². The third-order valence-corrected chi connectivity index (χ3v) is 4.80. The van der Waals surface area contributed by atoms with Crippen molar-refractivity contribution in [2.75, 3.05) is 19.7 Å². The summed E-state index contributed by atoms with van der Waals surface area (Å²) in [6, 6.07) is 2.61. The topological polar surface area (TPSA) is 69.2 Å². The highest BCUT2D eigenvalue weighted by molar-refractivity contribution is 5.07. The van der Waals surface area contributed by atoms with Gasteiger partial charge >= 0.3 is 0 Å². The maximum atomic E-state index is 5.98. The average molecular weight is 317 g/mol.